The number of aromatic nitrogens is 3. The van der Waals surface area contributed by atoms with Crippen LogP contribution in [-0.4, -0.2) is 84.8 Å². The number of allylic oxidation sites excluding steroid dienone is 1. The number of halogens is 4. The fraction of sp³-hybridized carbons (Fsp3) is 0.425. The SMILES string of the molecule is O=C(/C=C/CN[C@H]1CCCN(c2ccc(/C(=C(/CC(F)(F)F)c3ccccc3)c3ccc4c(c3)c(F)nn4C3CCCCO3)cn2)C1)C1CNCCO1. The Morgan fingerprint density at radius 3 is 2.57 bits per heavy atom. The van der Waals surface area contributed by atoms with Gasteiger partial charge < -0.3 is 25.0 Å². The number of anilines is 1. The highest BCUT2D eigenvalue weighted by Crippen LogP contribution is 2.41. The Morgan fingerprint density at radius 1 is 0.981 bits per heavy atom. The largest absolute Gasteiger partial charge is 0.393 e. The van der Waals surface area contributed by atoms with Crippen LogP contribution in [0.25, 0.3) is 22.0 Å². The van der Waals surface area contributed by atoms with Crippen molar-refractivity contribution in [3.63, 3.8) is 0 Å². The van der Waals surface area contributed by atoms with Crippen molar-refractivity contribution in [1.82, 2.24) is 25.4 Å². The van der Waals surface area contributed by atoms with Gasteiger partial charge in [-0.1, -0.05) is 42.5 Å². The molecule has 3 aliphatic rings. The summed E-state index contributed by atoms with van der Waals surface area (Å²) >= 11 is 0. The number of nitrogens with one attached hydrogen (secondary N) is 2. The molecule has 3 aliphatic heterocycles. The number of carbonyl (C=O) groups excluding carboxylic acids is 1. The third-order valence-corrected chi connectivity index (χ3v) is 10.0. The highest BCUT2D eigenvalue weighted by Gasteiger charge is 2.32. The van der Waals surface area contributed by atoms with Crippen molar-refractivity contribution in [2.24, 2.45) is 0 Å². The van der Waals surface area contributed by atoms with E-state index in [0.29, 0.717) is 72.9 Å². The number of rotatable bonds is 11. The van der Waals surface area contributed by atoms with E-state index in [-0.39, 0.29) is 22.8 Å². The first kappa shape index (κ1) is 36.9. The highest BCUT2D eigenvalue weighted by atomic mass is 19.4. The molecule has 2 aromatic carbocycles. The Labute approximate surface area is 306 Å². The number of alkyl halides is 3. The zero-order valence-electron chi connectivity index (χ0n) is 29.5. The van der Waals surface area contributed by atoms with Crippen molar-refractivity contribution in [2.45, 2.75) is 63.1 Å². The molecular formula is C40H44F4N6O3. The van der Waals surface area contributed by atoms with Crippen LogP contribution in [0.5, 0.6) is 0 Å². The highest BCUT2D eigenvalue weighted by molar-refractivity contribution is 6.00. The summed E-state index contributed by atoms with van der Waals surface area (Å²) < 4.78 is 71.3. The first-order chi connectivity index (χ1) is 25.7. The molecule has 0 spiro atoms. The first-order valence-corrected chi connectivity index (χ1v) is 18.4. The average molecular weight is 733 g/mol. The van der Waals surface area contributed by atoms with E-state index in [9.17, 15) is 18.0 Å². The minimum absolute atomic E-state index is 0.0539. The first-order valence-electron chi connectivity index (χ1n) is 18.4. The van der Waals surface area contributed by atoms with E-state index in [2.05, 4.69) is 20.6 Å². The van der Waals surface area contributed by atoms with Gasteiger partial charge in [0.1, 0.15) is 11.9 Å². The smallest absolute Gasteiger partial charge is 0.367 e. The molecule has 13 heteroatoms. The topological polar surface area (TPSA) is 93.5 Å². The summed E-state index contributed by atoms with van der Waals surface area (Å²) in [5.74, 6) is -0.0479. The van der Waals surface area contributed by atoms with Crippen LogP contribution in [-0.2, 0) is 14.3 Å². The lowest BCUT2D eigenvalue weighted by molar-refractivity contribution is -0.127. The second kappa shape index (κ2) is 16.7. The summed E-state index contributed by atoms with van der Waals surface area (Å²) in [6, 6.07) is 17.3. The van der Waals surface area contributed by atoms with Gasteiger partial charge in [-0.05, 0) is 84.7 Å². The molecule has 3 atom stereocenters. The Morgan fingerprint density at radius 2 is 1.83 bits per heavy atom. The zero-order valence-corrected chi connectivity index (χ0v) is 29.5. The van der Waals surface area contributed by atoms with Gasteiger partial charge in [-0.3, -0.25) is 4.79 Å². The lowest BCUT2D eigenvalue weighted by Gasteiger charge is -2.34. The Kier molecular flexibility index (Phi) is 11.6. The quantitative estimate of drug-likeness (QED) is 0.0983. The van der Waals surface area contributed by atoms with Crippen molar-refractivity contribution in [3.8, 4) is 0 Å². The lowest BCUT2D eigenvalue weighted by Crippen LogP contribution is -2.46. The molecule has 2 aromatic heterocycles. The third kappa shape index (κ3) is 9.03. The number of pyridine rings is 1. The van der Waals surface area contributed by atoms with Crippen LogP contribution in [0.3, 0.4) is 0 Å². The van der Waals surface area contributed by atoms with Gasteiger partial charge in [0.25, 0.3) is 0 Å². The van der Waals surface area contributed by atoms with E-state index in [1.54, 1.807) is 71.6 Å². The molecule has 4 aromatic rings. The molecule has 3 fully saturated rings. The van der Waals surface area contributed by atoms with E-state index < -0.39 is 30.9 Å². The molecule has 0 aliphatic carbocycles. The van der Waals surface area contributed by atoms with Crippen LogP contribution in [0.2, 0.25) is 0 Å². The lowest BCUT2D eigenvalue weighted by atomic mass is 9.88. The molecule has 0 saturated carbocycles. The molecule has 280 valence electrons. The maximum absolute atomic E-state index is 15.5. The standard InChI is InChI=1S/C40H44F4N6O3/c41-39-31-22-28(13-15-33(31)50(48-39)37-12-4-5-20-53-37)38(32(23-40(42,43)44)27-8-2-1-3-9-27)29-14-16-36(47-24-29)49-19-7-10-30(26-49)46-17-6-11-34(51)35-25-45-18-21-52-35/h1-3,6,8-9,11,13-16,22,24,30,35,37,45-46H,4-5,7,10,12,17-21,23,25-26H2/b11-6+,38-32-/t30-,35?,37?/m0/s1. The van der Waals surface area contributed by atoms with E-state index in [4.69, 9.17) is 14.5 Å². The number of ether oxygens (including phenoxy) is 2. The molecule has 3 saturated heterocycles. The summed E-state index contributed by atoms with van der Waals surface area (Å²) in [5, 5.41) is 11.0. The van der Waals surface area contributed by atoms with Crippen molar-refractivity contribution in [1.29, 1.82) is 0 Å². The van der Waals surface area contributed by atoms with Gasteiger partial charge in [0.05, 0.1) is 23.9 Å². The van der Waals surface area contributed by atoms with Crippen molar-refractivity contribution in [2.75, 3.05) is 50.8 Å². The van der Waals surface area contributed by atoms with Crippen LogP contribution < -0.4 is 15.5 Å². The van der Waals surface area contributed by atoms with Gasteiger partial charge in [0.2, 0.25) is 5.95 Å². The predicted molar refractivity (Wildman–Crippen MR) is 196 cm³/mol. The van der Waals surface area contributed by atoms with Crippen molar-refractivity contribution >= 4 is 33.7 Å². The van der Waals surface area contributed by atoms with E-state index in [1.165, 1.54) is 0 Å². The number of piperidine rings is 1. The molecule has 0 radical (unpaired) electrons. The minimum Gasteiger partial charge on any atom is -0.367 e. The maximum Gasteiger partial charge on any atom is 0.393 e. The molecule has 5 heterocycles. The number of benzene rings is 2. The molecule has 53 heavy (non-hydrogen) atoms. The fourth-order valence-corrected chi connectivity index (χ4v) is 7.42. The van der Waals surface area contributed by atoms with Crippen molar-refractivity contribution in [3.05, 3.63) is 102 Å². The summed E-state index contributed by atoms with van der Waals surface area (Å²) in [7, 11) is 0. The van der Waals surface area contributed by atoms with E-state index >= 15 is 4.39 Å². The zero-order chi connectivity index (χ0) is 36.8. The van der Waals surface area contributed by atoms with Crippen LogP contribution in [0.1, 0.15) is 61.4 Å². The van der Waals surface area contributed by atoms with Crippen LogP contribution >= 0.6 is 0 Å². The number of ketones is 1. The number of nitrogens with zero attached hydrogens (tertiary/aromatic N) is 4. The van der Waals surface area contributed by atoms with Crippen LogP contribution in [0.4, 0.5) is 23.4 Å². The van der Waals surface area contributed by atoms with Crippen LogP contribution in [0.15, 0.2) is 79.0 Å². The summed E-state index contributed by atoms with van der Waals surface area (Å²) in [5.41, 5.74) is 2.24. The molecule has 0 amide bonds. The molecule has 2 N–H and O–H groups in total. The van der Waals surface area contributed by atoms with E-state index in [0.717, 1.165) is 38.8 Å². The number of morpholine rings is 1. The molecule has 7 rings (SSSR count). The number of hydrogen-bond donors (Lipinski definition) is 2. The molecule has 9 nitrogen and oxygen atoms in total. The normalized spacial score (nSPS) is 22.0. The molecule has 0 bridgehead atoms. The predicted octanol–water partition coefficient (Wildman–Crippen LogP) is 6.85. The monoisotopic (exact) mass is 732 g/mol. The second-order valence-corrected chi connectivity index (χ2v) is 13.8. The number of fused-ring (bicyclic) bond motifs is 1. The third-order valence-electron chi connectivity index (χ3n) is 10.0. The fourth-order valence-electron chi connectivity index (χ4n) is 7.42. The summed E-state index contributed by atoms with van der Waals surface area (Å²) in [6.07, 6.45) is 2.89. The van der Waals surface area contributed by atoms with Gasteiger partial charge in [-0.15, -0.1) is 5.10 Å². The average Bonchev–Trinajstić information content (AvgIpc) is 3.52. The maximum atomic E-state index is 15.5. The Balaban J connectivity index is 1.16. The van der Waals surface area contributed by atoms with Gasteiger partial charge in [-0.2, -0.15) is 17.6 Å². The van der Waals surface area contributed by atoms with Gasteiger partial charge in [-0.25, -0.2) is 9.67 Å². The van der Waals surface area contributed by atoms with Gasteiger partial charge in [0, 0.05) is 57.1 Å². The Hall–Kier alpha value is -4.43. The van der Waals surface area contributed by atoms with Crippen LogP contribution in [0, 0.1) is 5.95 Å². The Bertz CT molecular complexity index is 1920. The summed E-state index contributed by atoms with van der Waals surface area (Å²) in [4.78, 5) is 19.3. The van der Waals surface area contributed by atoms with Gasteiger partial charge in [0.15, 0.2) is 12.0 Å². The molecule has 2 unspecified atom stereocenters. The second-order valence-electron chi connectivity index (χ2n) is 13.8. The van der Waals surface area contributed by atoms with Crippen molar-refractivity contribution < 1.29 is 31.8 Å². The van der Waals surface area contributed by atoms with E-state index in [1.807, 2.05) is 12.1 Å². The molecular weight excluding hydrogens is 688 g/mol. The minimum atomic E-state index is -4.51. The summed E-state index contributed by atoms with van der Waals surface area (Å²) in [6.45, 7) is 4.33. The van der Waals surface area contributed by atoms with Gasteiger partial charge >= 0.3 is 6.18 Å². The number of hydrogen-bond acceptors (Lipinski definition) is 8. The number of carbonyl (C=O) groups is 1.